The van der Waals surface area contributed by atoms with Crippen LogP contribution in [0.1, 0.15) is 0 Å². The number of amides is 2. The van der Waals surface area contributed by atoms with Crippen LogP contribution in [0.15, 0.2) is 22.7 Å². The summed E-state index contributed by atoms with van der Waals surface area (Å²) in [5.74, 6) is -1.16. The van der Waals surface area contributed by atoms with Gasteiger partial charge >= 0.3 is 12.0 Å². The number of likely N-dealkylation sites (N-methyl/N-ethyl adjacent to an activating group) is 1. The van der Waals surface area contributed by atoms with E-state index in [2.05, 4.69) is 21.2 Å². The predicted octanol–water partition coefficient (Wildman–Crippen LogP) is 1.91. The molecular weight excluding hydrogens is 322 g/mol. The highest BCUT2D eigenvalue weighted by Crippen LogP contribution is 2.27. The number of halogens is 1. The molecule has 0 saturated heterocycles. The van der Waals surface area contributed by atoms with Crippen LogP contribution in [-0.2, 0) is 4.79 Å². The zero-order valence-electron chi connectivity index (χ0n) is 9.79. The normalized spacial score (nSPS) is 9.79. The number of nitro benzene ring substituents is 1. The predicted molar refractivity (Wildman–Crippen MR) is 70.1 cm³/mol. The van der Waals surface area contributed by atoms with Crippen molar-refractivity contribution in [1.29, 1.82) is 0 Å². The monoisotopic (exact) mass is 331 g/mol. The summed E-state index contributed by atoms with van der Waals surface area (Å²) in [6.45, 7) is -0.474. The highest BCUT2D eigenvalue weighted by Gasteiger charge is 2.15. The Kier molecular flexibility index (Phi) is 4.81. The molecule has 102 valence electrons. The summed E-state index contributed by atoms with van der Waals surface area (Å²) in [4.78, 5) is 33.1. The van der Waals surface area contributed by atoms with Gasteiger partial charge in [-0.1, -0.05) is 0 Å². The minimum Gasteiger partial charge on any atom is -0.480 e. The number of rotatable bonds is 4. The van der Waals surface area contributed by atoms with Gasteiger partial charge in [0.1, 0.15) is 6.54 Å². The Bertz CT molecular complexity index is 534. The Labute approximate surface area is 116 Å². The maximum absolute atomic E-state index is 11.6. The third-order valence-corrected chi connectivity index (χ3v) is 2.81. The van der Waals surface area contributed by atoms with E-state index in [4.69, 9.17) is 5.11 Å². The van der Waals surface area contributed by atoms with Crippen molar-refractivity contribution < 1.29 is 19.6 Å². The van der Waals surface area contributed by atoms with Gasteiger partial charge in [-0.25, -0.2) is 4.79 Å². The summed E-state index contributed by atoms with van der Waals surface area (Å²) >= 11 is 3.14. The summed E-state index contributed by atoms with van der Waals surface area (Å²) < 4.78 is 0.454. The Morgan fingerprint density at radius 3 is 2.68 bits per heavy atom. The van der Waals surface area contributed by atoms with Crippen molar-refractivity contribution in [3.8, 4) is 0 Å². The first kappa shape index (κ1) is 14.9. The van der Waals surface area contributed by atoms with Gasteiger partial charge in [-0.3, -0.25) is 14.9 Å². The van der Waals surface area contributed by atoms with Crippen molar-refractivity contribution in [3.63, 3.8) is 0 Å². The lowest BCUT2D eigenvalue weighted by Crippen LogP contribution is -2.35. The first-order chi connectivity index (χ1) is 8.81. The lowest BCUT2D eigenvalue weighted by atomic mass is 10.3. The summed E-state index contributed by atoms with van der Waals surface area (Å²) in [5, 5.41) is 21.6. The summed E-state index contributed by atoms with van der Waals surface area (Å²) in [5.41, 5.74) is 0.0100. The van der Waals surface area contributed by atoms with Gasteiger partial charge in [0.25, 0.3) is 5.69 Å². The van der Waals surface area contributed by atoms with Gasteiger partial charge < -0.3 is 15.3 Å². The summed E-state index contributed by atoms with van der Waals surface area (Å²) in [6, 6.07) is 3.20. The van der Waals surface area contributed by atoms with E-state index in [-0.39, 0.29) is 11.4 Å². The van der Waals surface area contributed by atoms with E-state index in [0.29, 0.717) is 4.47 Å². The smallest absolute Gasteiger partial charge is 0.323 e. The molecule has 9 heteroatoms. The standard InChI is InChI=1S/C10H10BrN3O5/c1-13(5-9(15)16)10(17)12-8-4-6(14(18)19)2-3-7(8)11/h2-4H,5H2,1H3,(H,12,17)(H,15,16). The average Bonchev–Trinajstić information content (AvgIpc) is 2.30. The maximum Gasteiger partial charge on any atom is 0.323 e. The quantitative estimate of drug-likeness (QED) is 0.646. The molecule has 19 heavy (non-hydrogen) atoms. The van der Waals surface area contributed by atoms with Crippen molar-refractivity contribution in [2.45, 2.75) is 0 Å². The molecule has 1 aromatic carbocycles. The molecule has 1 aromatic rings. The first-order valence-electron chi connectivity index (χ1n) is 4.99. The molecular formula is C10H10BrN3O5. The molecule has 0 aliphatic rings. The Balaban J connectivity index is 2.86. The van der Waals surface area contributed by atoms with Crippen LogP contribution in [0.3, 0.4) is 0 Å². The Morgan fingerprint density at radius 1 is 1.53 bits per heavy atom. The molecule has 1 rings (SSSR count). The second-order valence-corrected chi connectivity index (χ2v) is 4.46. The number of anilines is 1. The number of hydrogen-bond acceptors (Lipinski definition) is 4. The lowest BCUT2D eigenvalue weighted by Gasteiger charge is -2.16. The molecule has 0 saturated carbocycles. The Hall–Kier alpha value is -2.16. The van der Waals surface area contributed by atoms with Crippen molar-refractivity contribution in [2.24, 2.45) is 0 Å². The van der Waals surface area contributed by atoms with E-state index < -0.39 is 23.5 Å². The second kappa shape index (κ2) is 6.14. The molecule has 0 spiro atoms. The van der Waals surface area contributed by atoms with Crippen LogP contribution in [0.5, 0.6) is 0 Å². The Morgan fingerprint density at radius 2 is 2.16 bits per heavy atom. The number of benzene rings is 1. The van der Waals surface area contributed by atoms with Gasteiger partial charge in [0, 0.05) is 23.7 Å². The number of nitrogens with zero attached hydrogens (tertiary/aromatic N) is 2. The van der Waals surface area contributed by atoms with Crippen LogP contribution in [-0.4, -0.2) is 40.5 Å². The zero-order chi connectivity index (χ0) is 14.6. The summed E-state index contributed by atoms with van der Waals surface area (Å²) in [7, 11) is 1.30. The van der Waals surface area contributed by atoms with Crippen LogP contribution >= 0.6 is 15.9 Å². The number of carbonyl (C=O) groups is 2. The highest BCUT2D eigenvalue weighted by molar-refractivity contribution is 9.10. The third kappa shape index (κ3) is 4.21. The fourth-order valence-corrected chi connectivity index (χ4v) is 1.55. The number of urea groups is 1. The van der Waals surface area contributed by atoms with Gasteiger partial charge in [0.05, 0.1) is 10.6 Å². The molecule has 0 radical (unpaired) electrons. The molecule has 2 N–H and O–H groups in total. The molecule has 8 nitrogen and oxygen atoms in total. The molecule has 0 atom stereocenters. The van der Waals surface area contributed by atoms with Crippen molar-refractivity contribution in [1.82, 2.24) is 4.90 Å². The van der Waals surface area contributed by atoms with E-state index in [0.717, 1.165) is 4.90 Å². The minimum atomic E-state index is -1.16. The first-order valence-corrected chi connectivity index (χ1v) is 5.78. The highest BCUT2D eigenvalue weighted by atomic mass is 79.9. The van der Waals surface area contributed by atoms with Crippen LogP contribution in [0, 0.1) is 10.1 Å². The fourth-order valence-electron chi connectivity index (χ4n) is 1.21. The minimum absolute atomic E-state index is 0.181. The number of nitrogens with one attached hydrogen (secondary N) is 1. The number of aliphatic carboxylic acids is 1. The number of non-ortho nitro benzene ring substituents is 1. The molecule has 0 unspecified atom stereocenters. The van der Waals surface area contributed by atoms with Gasteiger partial charge in [-0.2, -0.15) is 0 Å². The largest absolute Gasteiger partial charge is 0.480 e. The second-order valence-electron chi connectivity index (χ2n) is 3.60. The molecule has 2 amide bonds. The zero-order valence-corrected chi connectivity index (χ0v) is 11.4. The SMILES string of the molecule is CN(CC(=O)O)C(=O)Nc1cc([N+](=O)[O-])ccc1Br. The molecule has 0 fully saturated rings. The van der Waals surface area contributed by atoms with Gasteiger partial charge in [-0.05, 0) is 22.0 Å². The van der Waals surface area contributed by atoms with E-state index >= 15 is 0 Å². The van der Waals surface area contributed by atoms with Crippen molar-refractivity contribution in [3.05, 3.63) is 32.8 Å². The molecule has 0 aliphatic heterocycles. The van der Waals surface area contributed by atoms with E-state index in [1.807, 2.05) is 0 Å². The number of carboxylic acids is 1. The lowest BCUT2D eigenvalue weighted by molar-refractivity contribution is -0.384. The maximum atomic E-state index is 11.6. The van der Waals surface area contributed by atoms with Gasteiger partial charge in [0.2, 0.25) is 0 Å². The van der Waals surface area contributed by atoms with Crippen molar-refractivity contribution >= 4 is 39.3 Å². The van der Waals surface area contributed by atoms with Gasteiger partial charge in [0.15, 0.2) is 0 Å². The van der Waals surface area contributed by atoms with Crippen LogP contribution in [0.4, 0.5) is 16.2 Å². The number of carboxylic acid groups (broad SMARTS) is 1. The van der Waals surface area contributed by atoms with Crippen LogP contribution in [0.25, 0.3) is 0 Å². The number of nitro groups is 1. The molecule has 0 bridgehead atoms. The molecule has 0 aliphatic carbocycles. The van der Waals surface area contributed by atoms with Crippen molar-refractivity contribution in [2.75, 3.05) is 18.9 Å². The van der Waals surface area contributed by atoms with E-state index in [1.54, 1.807) is 0 Å². The fraction of sp³-hybridized carbons (Fsp3) is 0.200. The van der Waals surface area contributed by atoms with Gasteiger partial charge in [-0.15, -0.1) is 0 Å². The molecule has 0 aromatic heterocycles. The number of hydrogen-bond donors (Lipinski definition) is 2. The molecule has 0 heterocycles. The average molecular weight is 332 g/mol. The van der Waals surface area contributed by atoms with E-state index in [9.17, 15) is 19.7 Å². The topological polar surface area (TPSA) is 113 Å². The third-order valence-electron chi connectivity index (χ3n) is 2.12. The van der Waals surface area contributed by atoms with Crippen LogP contribution < -0.4 is 5.32 Å². The summed E-state index contributed by atoms with van der Waals surface area (Å²) in [6.07, 6.45) is 0. The van der Waals surface area contributed by atoms with E-state index in [1.165, 1.54) is 25.2 Å². The van der Waals surface area contributed by atoms with Crippen LogP contribution in [0.2, 0.25) is 0 Å². The number of carbonyl (C=O) groups excluding carboxylic acids is 1.